The molecular formula is C13H20N4O2. The predicted molar refractivity (Wildman–Crippen MR) is 72.6 cm³/mol. The minimum atomic E-state index is -0.960. The summed E-state index contributed by atoms with van der Waals surface area (Å²) in [6.45, 7) is 5.33. The van der Waals surface area contributed by atoms with Gasteiger partial charge < -0.3 is 15.3 Å². The van der Waals surface area contributed by atoms with Crippen LogP contribution in [0.4, 0.5) is 5.82 Å². The fraction of sp³-hybridized carbons (Fsp3) is 0.615. The van der Waals surface area contributed by atoms with Gasteiger partial charge in [0.05, 0.1) is 5.69 Å². The monoisotopic (exact) mass is 264 g/mol. The van der Waals surface area contributed by atoms with E-state index in [1.807, 2.05) is 0 Å². The average Bonchev–Trinajstić information content (AvgIpc) is 2.76. The van der Waals surface area contributed by atoms with E-state index in [0.717, 1.165) is 13.0 Å². The van der Waals surface area contributed by atoms with Crippen molar-refractivity contribution in [3.05, 3.63) is 16.8 Å². The average molecular weight is 264 g/mol. The molecule has 0 amide bonds. The zero-order valence-corrected chi connectivity index (χ0v) is 11.6. The van der Waals surface area contributed by atoms with Crippen LogP contribution in [0.25, 0.3) is 0 Å². The molecule has 0 saturated carbocycles. The molecule has 0 aromatic carbocycles. The Morgan fingerprint density at radius 3 is 2.79 bits per heavy atom. The maximum absolute atomic E-state index is 11.3. The molecule has 0 spiro atoms. The molecular weight excluding hydrogens is 244 g/mol. The number of nitrogens with one attached hydrogen (secondary N) is 1. The van der Waals surface area contributed by atoms with Gasteiger partial charge in [-0.3, -0.25) is 0 Å². The Balaban J connectivity index is 2.16. The van der Waals surface area contributed by atoms with Crippen LogP contribution in [0, 0.1) is 13.8 Å². The quantitative estimate of drug-likeness (QED) is 0.853. The lowest BCUT2D eigenvalue weighted by Crippen LogP contribution is -2.32. The number of carboxylic acids is 1. The first-order valence-corrected chi connectivity index (χ1v) is 6.52. The topological polar surface area (TPSA) is 78.4 Å². The van der Waals surface area contributed by atoms with Gasteiger partial charge in [-0.25, -0.2) is 4.79 Å². The number of aromatic nitrogens is 2. The number of anilines is 1. The van der Waals surface area contributed by atoms with Crippen molar-refractivity contribution < 1.29 is 9.90 Å². The summed E-state index contributed by atoms with van der Waals surface area (Å²) >= 11 is 0. The third kappa shape index (κ3) is 2.84. The molecule has 1 fully saturated rings. The smallest absolute Gasteiger partial charge is 0.339 e. The van der Waals surface area contributed by atoms with Gasteiger partial charge in [0.1, 0.15) is 5.56 Å². The molecule has 19 heavy (non-hydrogen) atoms. The number of likely N-dealkylation sites (tertiary alicyclic amines) is 1. The molecule has 1 aliphatic heterocycles. The molecule has 2 N–H and O–H groups in total. The number of carbonyl (C=O) groups is 1. The van der Waals surface area contributed by atoms with Gasteiger partial charge in [-0.05, 0) is 45.8 Å². The first-order valence-electron chi connectivity index (χ1n) is 6.52. The largest absolute Gasteiger partial charge is 0.478 e. The highest BCUT2D eigenvalue weighted by Gasteiger charge is 2.22. The van der Waals surface area contributed by atoms with E-state index in [4.69, 9.17) is 0 Å². The Kier molecular flexibility index (Phi) is 3.99. The van der Waals surface area contributed by atoms with E-state index < -0.39 is 5.97 Å². The number of likely N-dealkylation sites (N-methyl/N-ethyl adjacent to an activating group) is 1. The molecule has 0 bridgehead atoms. The van der Waals surface area contributed by atoms with Gasteiger partial charge in [-0.2, -0.15) is 5.10 Å². The van der Waals surface area contributed by atoms with Crippen LogP contribution in [0.2, 0.25) is 0 Å². The molecule has 0 radical (unpaired) electrons. The van der Waals surface area contributed by atoms with Crippen molar-refractivity contribution in [2.24, 2.45) is 0 Å². The molecule has 1 aromatic rings. The van der Waals surface area contributed by atoms with Gasteiger partial charge in [0.2, 0.25) is 0 Å². The van der Waals surface area contributed by atoms with Crippen LogP contribution in [0.3, 0.4) is 0 Å². The van der Waals surface area contributed by atoms with E-state index in [2.05, 4.69) is 27.5 Å². The lowest BCUT2D eigenvalue weighted by Gasteiger charge is -2.20. The first-order chi connectivity index (χ1) is 9.00. The van der Waals surface area contributed by atoms with Crippen LogP contribution >= 0.6 is 0 Å². The van der Waals surface area contributed by atoms with Crippen molar-refractivity contribution in [1.29, 1.82) is 0 Å². The maximum Gasteiger partial charge on any atom is 0.339 e. The summed E-state index contributed by atoms with van der Waals surface area (Å²) in [6, 6.07) is 0.435. The predicted octanol–water partition coefficient (Wildman–Crippen LogP) is 1.30. The Hall–Kier alpha value is -1.69. The molecule has 1 saturated heterocycles. The van der Waals surface area contributed by atoms with Gasteiger partial charge >= 0.3 is 5.97 Å². The highest BCUT2D eigenvalue weighted by Crippen LogP contribution is 2.20. The number of aromatic carboxylic acids is 1. The number of nitrogens with zero attached hydrogens (tertiary/aromatic N) is 3. The number of hydrogen-bond donors (Lipinski definition) is 2. The van der Waals surface area contributed by atoms with Crippen LogP contribution in [0.15, 0.2) is 0 Å². The summed E-state index contributed by atoms with van der Waals surface area (Å²) in [6.07, 6.45) is 2.32. The van der Waals surface area contributed by atoms with Crippen molar-refractivity contribution in [3.8, 4) is 0 Å². The molecule has 2 rings (SSSR count). The lowest BCUT2D eigenvalue weighted by molar-refractivity contribution is 0.0696. The van der Waals surface area contributed by atoms with Crippen molar-refractivity contribution in [3.63, 3.8) is 0 Å². The molecule has 6 heteroatoms. The summed E-state index contributed by atoms with van der Waals surface area (Å²) in [5, 5.41) is 20.4. The summed E-state index contributed by atoms with van der Waals surface area (Å²) in [5.74, 6) is -0.589. The standard InChI is InChI=1S/C13H20N4O2/c1-8-9(2)15-16-12(11(8)13(18)19)14-7-10-5-4-6-17(10)3/h10H,4-7H2,1-3H3,(H,14,16)(H,18,19). The zero-order chi connectivity index (χ0) is 14.0. The highest BCUT2D eigenvalue weighted by molar-refractivity contribution is 5.94. The third-order valence-corrected chi connectivity index (χ3v) is 3.85. The molecule has 6 nitrogen and oxygen atoms in total. The molecule has 0 aliphatic carbocycles. The van der Waals surface area contributed by atoms with E-state index in [0.29, 0.717) is 29.7 Å². The fourth-order valence-electron chi connectivity index (χ4n) is 2.45. The van der Waals surface area contributed by atoms with Crippen LogP contribution in [-0.2, 0) is 0 Å². The Morgan fingerprint density at radius 2 is 2.21 bits per heavy atom. The number of aryl methyl sites for hydroxylation is 1. The highest BCUT2D eigenvalue weighted by atomic mass is 16.4. The molecule has 1 aromatic heterocycles. The number of hydrogen-bond acceptors (Lipinski definition) is 5. The maximum atomic E-state index is 11.3. The van der Waals surface area contributed by atoms with E-state index in [-0.39, 0.29) is 5.56 Å². The van der Waals surface area contributed by atoms with Crippen LogP contribution < -0.4 is 5.32 Å². The zero-order valence-electron chi connectivity index (χ0n) is 11.6. The van der Waals surface area contributed by atoms with Crippen LogP contribution in [-0.4, -0.2) is 52.4 Å². The van der Waals surface area contributed by atoms with Gasteiger partial charge in [0.15, 0.2) is 5.82 Å². The Morgan fingerprint density at radius 1 is 1.47 bits per heavy atom. The van der Waals surface area contributed by atoms with Gasteiger partial charge in [-0.15, -0.1) is 5.10 Å². The molecule has 1 unspecified atom stereocenters. The van der Waals surface area contributed by atoms with Crippen molar-refractivity contribution in [2.75, 3.05) is 25.5 Å². The fourth-order valence-corrected chi connectivity index (χ4v) is 2.45. The summed E-state index contributed by atoms with van der Waals surface area (Å²) in [7, 11) is 2.09. The second-order valence-electron chi connectivity index (χ2n) is 5.10. The van der Waals surface area contributed by atoms with Gasteiger partial charge in [0.25, 0.3) is 0 Å². The molecule has 2 heterocycles. The minimum Gasteiger partial charge on any atom is -0.478 e. The van der Waals surface area contributed by atoms with Gasteiger partial charge in [-0.1, -0.05) is 0 Å². The number of carboxylic acid groups (broad SMARTS) is 1. The normalized spacial score (nSPS) is 19.6. The lowest BCUT2D eigenvalue weighted by atomic mass is 10.1. The summed E-state index contributed by atoms with van der Waals surface area (Å²) in [5.41, 5.74) is 1.55. The summed E-state index contributed by atoms with van der Waals surface area (Å²) < 4.78 is 0. The minimum absolute atomic E-state index is 0.230. The molecule has 1 atom stereocenters. The van der Waals surface area contributed by atoms with E-state index in [9.17, 15) is 9.90 Å². The third-order valence-electron chi connectivity index (χ3n) is 3.85. The second-order valence-corrected chi connectivity index (χ2v) is 5.10. The number of rotatable bonds is 4. The van der Waals surface area contributed by atoms with Crippen molar-refractivity contribution in [2.45, 2.75) is 32.7 Å². The molecule has 1 aliphatic rings. The van der Waals surface area contributed by atoms with Crippen molar-refractivity contribution in [1.82, 2.24) is 15.1 Å². The SMILES string of the molecule is Cc1nnc(NCC2CCCN2C)c(C(=O)O)c1C. The summed E-state index contributed by atoms with van der Waals surface area (Å²) in [4.78, 5) is 13.6. The molecule has 104 valence electrons. The van der Waals surface area contributed by atoms with Crippen LogP contribution in [0.1, 0.15) is 34.5 Å². The second kappa shape index (κ2) is 5.52. The van der Waals surface area contributed by atoms with E-state index in [1.165, 1.54) is 6.42 Å². The Bertz CT molecular complexity index is 490. The van der Waals surface area contributed by atoms with E-state index in [1.54, 1.807) is 13.8 Å². The first kappa shape index (κ1) is 13.7. The van der Waals surface area contributed by atoms with E-state index >= 15 is 0 Å². The Labute approximate surface area is 112 Å². The van der Waals surface area contributed by atoms with Gasteiger partial charge in [0, 0.05) is 12.6 Å². The van der Waals surface area contributed by atoms with Crippen LogP contribution in [0.5, 0.6) is 0 Å². The van der Waals surface area contributed by atoms with Crippen molar-refractivity contribution >= 4 is 11.8 Å².